The molecular formula is C20H31BrN4O2. The SMILES string of the molecule is CN=C(NCC1CCN(c2ccc(Br)cc2)C1)NCC1(CCO)CCOC1. The number of nitrogens with zero attached hydrogens (tertiary/aromatic N) is 2. The van der Waals surface area contributed by atoms with E-state index in [1.165, 1.54) is 12.1 Å². The van der Waals surface area contributed by atoms with Gasteiger partial charge >= 0.3 is 0 Å². The molecule has 2 unspecified atom stereocenters. The summed E-state index contributed by atoms with van der Waals surface area (Å²) < 4.78 is 6.68. The van der Waals surface area contributed by atoms with E-state index in [0.29, 0.717) is 12.5 Å². The number of aliphatic hydroxyl groups excluding tert-OH is 1. The highest BCUT2D eigenvalue weighted by molar-refractivity contribution is 9.10. The van der Waals surface area contributed by atoms with E-state index in [4.69, 9.17) is 4.74 Å². The average Bonchev–Trinajstić information content (AvgIpc) is 3.33. The van der Waals surface area contributed by atoms with Gasteiger partial charge in [-0.25, -0.2) is 0 Å². The highest BCUT2D eigenvalue weighted by Gasteiger charge is 2.34. The summed E-state index contributed by atoms with van der Waals surface area (Å²) in [5.41, 5.74) is 1.31. The van der Waals surface area contributed by atoms with E-state index in [1.807, 2.05) is 7.05 Å². The number of hydrogen-bond acceptors (Lipinski definition) is 4. The molecule has 0 amide bonds. The number of anilines is 1. The monoisotopic (exact) mass is 438 g/mol. The van der Waals surface area contributed by atoms with Crippen LogP contribution in [0.5, 0.6) is 0 Å². The zero-order valence-corrected chi connectivity index (χ0v) is 17.7. The van der Waals surface area contributed by atoms with Crippen LogP contribution in [0.3, 0.4) is 0 Å². The van der Waals surface area contributed by atoms with Crippen molar-refractivity contribution in [1.29, 1.82) is 0 Å². The minimum absolute atomic E-state index is 0.0259. The Balaban J connectivity index is 1.44. The van der Waals surface area contributed by atoms with Crippen LogP contribution in [0.15, 0.2) is 33.7 Å². The van der Waals surface area contributed by atoms with Crippen LogP contribution in [-0.4, -0.2) is 64.1 Å². The van der Waals surface area contributed by atoms with Gasteiger partial charge in [0.05, 0.1) is 6.61 Å². The van der Waals surface area contributed by atoms with Crippen LogP contribution in [-0.2, 0) is 4.74 Å². The van der Waals surface area contributed by atoms with Gasteiger partial charge in [-0.05, 0) is 49.4 Å². The third-order valence-corrected chi connectivity index (χ3v) is 6.25. The molecule has 0 saturated carbocycles. The Kier molecular flexibility index (Phi) is 7.38. The van der Waals surface area contributed by atoms with Crippen LogP contribution in [0.25, 0.3) is 0 Å². The van der Waals surface area contributed by atoms with Crippen molar-refractivity contribution in [3.8, 4) is 0 Å². The number of rotatable bonds is 7. The summed E-state index contributed by atoms with van der Waals surface area (Å²) in [7, 11) is 1.81. The molecule has 150 valence electrons. The summed E-state index contributed by atoms with van der Waals surface area (Å²) in [5.74, 6) is 1.44. The molecular weight excluding hydrogens is 408 g/mol. The number of hydrogen-bond donors (Lipinski definition) is 3. The lowest BCUT2D eigenvalue weighted by Crippen LogP contribution is -2.45. The van der Waals surface area contributed by atoms with Crippen molar-refractivity contribution >= 4 is 27.6 Å². The Morgan fingerprint density at radius 3 is 2.85 bits per heavy atom. The van der Waals surface area contributed by atoms with Gasteiger partial charge in [0.25, 0.3) is 0 Å². The number of ether oxygens (including phenoxy) is 1. The summed E-state index contributed by atoms with van der Waals surface area (Å²) in [5, 5.41) is 16.3. The summed E-state index contributed by atoms with van der Waals surface area (Å²) in [6.45, 7) is 5.54. The van der Waals surface area contributed by atoms with Crippen molar-refractivity contribution in [3.63, 3.8) is 0 Å². The lowest BCUT2D eigenvalue weighted by molar-refractivity contribution is 0.127. The molecule has 2 atom stereocenters. The molecule has 27 heavy (non-hydrogen) atoms. The van der Waals surface area contributed by atoms with E-state index in [2.05, 4.69) is 60.7 Å². The molecule has 6 nitrogen and oxygen atoms in total. The van der Waals surface area contributed by atoms with Gasteiger partial charge in [0, 0.05) is 62.0 Å². The first-order valence-electron chi connectivity index (χ1n) is 9.78. The predicted octanol–water partition coefficient (Wildman–Crippen LogP) is 2.23. The third-order valence-electron chi connectivity index (χ3n) is 5.72. The second-order valence-electron chi connectivity index (χ2n) is 7.66. The van der Waals surface area contributed by atoms with Crippen LogP contribution >= 0.6 is 15.9 Å². The fourth-order valence-electron chi connectivity index (χ4n) is 3.93. The highest BCUT2D eigenvalue weighted by Crippen LogP contribution is 2.31. The maximum atomic E-state index is 9.36. The molecule has 2 saturated heterocycles. The fraction of sp³-hybridized carbons (Fsp3) is 0.650. The molecule has 0 aliphatic carbocycles. The van der Waals surface area contributed by atoms with Crippen LogP contribution < -0.4 is 15.5 Å². The van der Waals surface area contributed by atoms with Crippen molar-refractivity contribution in [1.82, 2.24) is 10.6 Å². The highest BCUT2D eigenvalue weighted by atomic mass is 79.9. The van der Waals surface area contributed by atoms with Gasteiger partial charge in [0.15, 0.2) is 5.96 Å². The van der Waals surface area contributed by atoms with Gasteiger partial charge in [-0.2, -0.15) is 0 Å². The minimum atomic E-state index is 0.0259. The van der Waals surface area contributed by atoms with Crippen molar-refractivity contribution in [2.45, 2.75) is 19.3 Å². The first kappa shape index (κ1) is 20.4. The minimum Gasteiger partial charge on any atom is -0.396 e. The molecule has 2 aliphatic heterocycles. The molecule has 2 aliphatic rings. The number of guanidine groups is 1. The van der Waals surface area contributed by atoms with E-state index < -0.39 is 0 Å². The van der Waals surface area contributed by atoms with Crippen LogP contribution in [0.2, 0.25) is 0 Å². The molecule has 2 heterocycles. The quantitative estimate of drug-likeness (QED) is 0.449. The lowest BCUT2D eigenvalue weighted by Gasteiger charge is -2.28. The van der Waals surface area contributed by atoms with Crippen LogP contribution in [0, 0.1) is 11.3 Å². The van der Waals surface area contributed by atoms with Crippen molar-refractivity contribution in [2.75, 3.05) is 57.9 Å². The number of benzene rings is 1. The molecule has 0 spiro atoms. The third kappa shape index (κ3) is 5.59. The normalized spacial score (nSPS) is 25.8. The predicted molar refractivity (Wildman–Crippen MR) is 113 cm³/mol. The molecule has 2 fully saturated rings. The molecule has 7 heteroatoms. The molecule has 3 rings (SSSR count). The molecule has 0 radical (unpaired) electrons. The first-order chi connectivity index (χ1) is 13.1. The maximum Gasteiger partial charge on any atom is 0.191 e. The second kappa shape index (κ2) is 9.75. The fourth-order valence-corrected chi connectivity index (χ4v) is 4.19. The number of nitrogens with one attached hydrogen (secondary N) is 2. The number of aliphatic imine (C=N–C) groups is 1. The zero-order valence-electron chi connectivity index (χ0n) is 16.1. The molecule has 0 aromatic heterocycles. The molecule has 1 aromatic carbocycles. The van der Waals surface area contributed by atoms with Gasteiger partial charge in [0.1, 0.15) is 0 Å². The van der Waals surface area contributed by atoms with Crippen molar-refractivity contribution < 1.29 is 9.84 Å². The summed E-state index contributed by atoms with van der Waals surface area (Å²) in [6, 6.07) is 8.54. The Morgan fingerprint density at radius 1 is 1.37 bits per heavy atom. The average molecular weight is 439 g/mol. The Hall–Kier alpha value is -1.31. The van der Waals surface area contributed by atoms with E-state index in [0.717, 1.165) is 56.1 Å². The van der Waals surface area contributed by atoms with Crippen molar-refractivity contribution in [3.05, 3.63) is 28.7 Å². The topological polar surface area (TPSA) is 69.1 Å². The van der Waals surface area contributed by atoms with E-state index in [-0.39, 0.29) is 12.0 Å². The smallest absolute Gasteiger partial charge is 0.191 e. The van der Waals surface area contributed by atoms with E-state index in [1.54, 1.807) is 0 Å². The first-order valence-corrected chi connectivity index (χ1v) is 10.6. The van der Waals surface area contributed by atoms with Gasteiger partial charge in [0.2, 0.25) is 0 Å². The summed E-state index contributed by atoms with van der Waals surface area (Å²) in [4.78, 5) is 6.81. The van der Waals surface area contributed by atoms with E-state index >= 15 is 0 Å². The zero-order chi connectivity index (χ0) is 19.1. The summed E-state index contributed by atoms with van der Waals surface area (Å²) >= 11 is 3.50. The van der Waals surface area contributed by atoms with Gasteiger partial charge in [-0.3, -0.25) is 4.99 Å². The van der Waals surface area contributed by atoms with Gasteiger partial charge < -0.3 is 25.4 Å². The Labute approximate surface area is 170 Å². The summed E-state index contributed by atoms with van der Waals surface area (Å²) in [6.07, 6.45) is 2.94. The Morgan fingerprint density at radius 2 is 2.19 bits per heavy atom. The molecule has 3 N–H and O–H groups in total. The van der Waals surface area contributed by atoms with E-state index in [9.17, 15) is 5.11 Å². The maximum absolute atomic E-state index is 9.36. The van der Waals surface area contributed by atoms with Gasteiger partial charge in [-0.1, -0.05) is 15.9 Å². The standard InChI is InChI=1S/C20H31BrN4O2/c1-22-19(24-14-20(7-10-26)8-11-27-15-20)23-12-16-6-9-25(13-16)18-4-2-17(21)3-5-18/h2-5,16,26H,6-15H2,1H3,(H2,22,23,24). The Bertz CT molecular complexity index is 617. The number of aliphatic hydroxyl groups is 1. The van der Waals surface area contributed by atoms with Crippen LogP contribution in [0.4, 0.5) is 5.69 Å². The molecule has 0 bridgehead atoms. The second-order valence-corrected chi connectivity index (χ2v) is 8.58. The number of halogens is 1. The van der Waals surface area contributed by atoms with Crippen LogP contribution in [0.1, 0.15) is 19.3 Å². The molecule has 1 aromatic rings. The lowest BCUT2D eigenvalue weighted by atomic mass is 9.84. The van der Waals surface area contributed by atoms with Crippen molar-refractivity contribution in [2.24, 2.45) is 16.3 Å². The largest absolute Gasteiger partial charge is 0.396 e. The van der Waals surface area contributed by atoms with Gasteiger partial charge in [-0.15, -0.1) is 0 Å².